The van der Waals surface area contributed by atoms with Crippen LogP contribution in [0.15, 0.2) is 35.2 Å². The van der Waals surface area contributed by atoms with Gasteiger partial charge in [-0.25, -0.2) is 0 Å². The lowest BCUT2D eigenvalue weighted by atomic mass is 10.3. The normalized spacial score (nSPS) is 11.8. The summed E-state index contributed by atoms with van der Waals surface area (Å²) in [7, 11) is 0. The lowest BCUT2D eigenvalue weighted by molar-refractivity contribution is -0.141. The number of hydrogen-bond donors (Lipinski definition) is 0. The second-order valence-corrected chi connectivity index (χ2v) is 4.55. The monoisotopic (exact) mass is 238 g/mol. The van der Waals surface area contributed by atoms with Crippen LogP contribution in [0.3, 0.4) is 0 Å². The van der Waals surface area contributed by atoms with E-state index in [4.69, 9.17) is 4.74 Å². The zero-order chi connectivity index (χ0) is 11.8. The van der Waals surface area contributed by atoms with Gasteiger partial charge >= 0.3 is 5.97 Å². The van der Waals surface area contributed by atoms with Crippen LogP contribution in [0.4, 0.5) is 0 Å². The third kappa shape index (κ3) is 4.98. The fourth-order valence-corrected chi connectivity index (χ4v) is 2.08. The highest BCUT2D eigenvalue weighted by Gasteiger charge is 2.09. The second-order valence-electron chi connectivity index (χ2n) is 3.23. The van der Waals surface area contributed by atoms with E-state index in [1.54, 1.807) is 0 Å². The Balaban J connectivity index is 2.37. The number of ether oxygens (including phenoxy) is 1. The molecule has 4 heteroatoms. The molecule has 0 radical (unpaired) electrons. The van der Waals surface area contributed by atoms with Crippen molar-refractivity contribution >= 4 is 24.0 Å². The first-order valence-electron chi connectivity index (χ1n) is 5.02. The van der Waals surface area contributed by atoms with E-state index in [2.05, 4.69) is 0 Å². The van der Waals surface area contributed by atoms with E-state index in [9.17, 15) is 9.59 Å². The maximum absolute atomic E-state index is 10.8. The highest BCUT2D eigenvalue weighted by Crippen LogP contribution is 2.23. The molecule has 0 N–H and O–H groups in total. The highest BCUT2D eigenvalue weighted by molar-refractivity contribution is 8.00. The van der Waals surface area contributed by atoms with E-state index in [-0.39, 0.29) is 11.2 Å². The molecule has 0 saturated carbocycles. The summed E-state index contributed by atoms with van der Waals surface area (Å²) < 4.78 is 4.80. The third-order valence-electron chi connectivity index (χ3n) is 1.89. The Bertz CT molecular complexity index is 337. The number of benzene rings is 1. The fourth-order valence-electron chi connectivity index (χ4n) is 1.15. The Morgan fingerprint density at radius 3 is 2.69 bits per heavy atom. The van der Waals surface area contributed by atoms with Gasteiger partial charge < -0.3 is 9.53 Å². The molecule has 0 amide bonds. The van der Waals surface area contributed by atoms with E-state index in [1.807, 2.05) is 30.3 Å². The van der Waals surface area contributed by atoms with Crippen molar-refractivity contribution in [1.29, 1.82) is 0 Å². The molecule has 1 aromatic carbocycles. The first-order chi connectivity index (χ1) is 7.72. The molecular weight excluding hydrogens is 224 g/mol. The summed E-state index contributed by atoms with van der Waals surface area (Å²) in [5, 5.41) is -0.165. The number of rotatable bonds is 6. The van der Waals surface area contributed by atoms with Crippen LogP contribution in [0, 0.1) is 0 Å². The van der Waals surface area contributed by atoms with Crippen LogP contribution in [0.1, 0.15) is 13.3 Å². The van der Waals surface area contributed by atoms with Gasteiger partial charge in [0, 0.05) is 18.2 Å². The van der Waals surface area contributed by atoms with Crippen molar-refractivity contribution in [2.75, 3.05) is 6.61 Å². The van der Waals surface area contributed by atoms with Crippen molar-refractivity contribution in [2.45, 2.75) is 23.5 Å². The van der Waals surface area contributed by atoms with Gasteiger partial charge in [-0.2, -0.15) is 0 Å². The largest absolute Gasteiger partial charge is 0.466 e. The topological polar surface area (TPSA) is 43.4 Å². The number of thioether (sulfide) groups is 1. The van der Waals surface area contributed by atoms with Crippen molar-refractivity contribution in [3.8, 4) is 0 Å². The third-order valence-corrected chi connectivity index (χ3v) is 3.08. The summed E-state index contributed by atoms with van der Waals surface area (Å²) >= 11 is 1.48. The number of carbonyl (C=O) groups excluding carboxylic acids is 2. The smallest absolute Gasteiger partial charge is 0.302 e. The number of aldehydes is 1. The molecule has 0 fully saturated rings. The average Bonchev–Trinajstić information content (AvgIpc) is 2.28. The maximum Gasteiger partial charge on any atom is 0.302 e. The van der Waals surface area contributed by atoms with Gasteiger partial charge in [-0.3, -0.25) is 4.79 Å². The molecule has 1 aromatic rings. The van der Waals surface area contributed by atoms with E-state index in [1.165, 1.54) is 18.7 Å². The molecule has 1 rings (SSSR count). The highest BCUT2D eigenvalue weighted by atomic mass is 32.2. The predicted molar refractivity (Wildman–Crippen MR) is 63.4 cm³/mol. The zero-order valence-corrected chi connectivity index (χ0v) is 9.91. The molecule has 0 bridgehead atoms. The fraction of sp³-hybridized carbons (Fsp3) is 0.333. The van der Waals surface area contributed by atoms with E-state index in [0.717, 1.165) is 11.2 Å². The van der Waals surface area contributed by atoms with Crippen LogP contribution in [0.5, 0.6) is 0 Å². The number of esters is 1. The Morgan fingerprint density at radius 2 is 2.12 bits per heavy atom. The Hall–Kier alpha value is -1.29. The van der Waals surface area contributed by atoms with Crippen LogP contribution >= 0.6 is 11.8 Å². The Labute approximate surface area is 99.2 Å². The minimum Gasteiger partial charge on any atom is -0.466 e. The van der Waals surface area contributed by atoms with Crippen molar-refractivity contribution in [2.24, 2.45) is 0 Å². The molecule has 0 heterocycles. The van der Waals surface area contributed by atoms with Crippen LogP contribution < -0.4 is 0 Å². The van der Waals surface area contributed by atoms with Crippen molar-refractivity contribution in [3.63, 3.8) is 0 Å². The molecule has 0 aromatic heterocycles. The molecule has 0 aliphatic rings. The van der Waals surface area contributed by atoms with Gasteiger partial charge in [0.15, 0.2) is 0 Å². The summed E-state index contributed by atoms with van der Waals surface area (Å²) in [4.78, 5) is 22.4. The van der Waals surface area contributed by atoms with E-state index in [0.29, 0.717) is 13.0 Å². The van der Waals surface area contributed by atoms with Crippen LogP contribution in [-0.2, 0) is 14.3 Å². The lowest BCUT2D eigenvalue weighted by Crippen LogP contribution is -2.10. The minimum absolute atomic E-state index is 0.165. The van der Waals surface area contributed by atoms with E-state index < -0.39 is 0 Å². The van der Waals surface area contributed by atoms with Gasteiger partial charge in [0.05, 0.1) is 11.9 Å². The zero-order valence-electron chi connectivity index (χ0n) is 9.09. The first kappa shape index (κ1) is 12.8. The molecular formula is C12H14O3S. The van der Waals surface area contributed by atoms with Crippen molar-refractivity contribution < 1.29 is 14.3 Å². The van der Waals surface area contributed by atoms with Gasteiger partial charge in [-0.05, 0) is 12.1 Å². The van der Waals surface area contributed by atoms with Gasteiger partial charge in [0.1, 0.15) is 6.29 Å². The SMILES string of the molecule is CC(=O)OCCC(C=O)Sc1ccccc1. The quantitative estimate of drug-likeness (QED) is 0.433. The molecule has 0 spiro atoms. The van der Waals surface area contributed by atoms with Crippen molar-refractivity contribution in [3.05, 3.63) is 30.3 Å². The Kier molecular flexibility index (Phi) is 5.64. The second kappa shape index (κ2) is 7.06. The van der Waals surface area contributed by atoms with E-state index >= 15 is 0 Å². The van der Waals surface area contributed by atoms with Crippen molar-refractivity contribution in [1.82, 2.24) is 0 Å². The predicted octanol–water partition coefficient (Wildman–Crippen LogP) is 2.30. The molecule has 0 aliphatic carbocycles. The van der Waals surface area contributed by atoms with Gasteiger partial charge in [0.25, 0.3) is 0 Å². The molecule has 1 unspecified atom stereocenters. The summed E-state index contributed by atoms with van der Waals surface area (Å²) in [6, 6.07) is 9.69. The summed E-state index contributed by atoms with van der Waals surface area (Å²) in [5.74, 6) is -0.311. The molecule has 0 aliphatic heterocycles. The number of hydrogen-bond acceptors (Lipinski definition) is 4. The minimum atomic E-state index is -0.311. The van der Waals surface area contributed by atoms with Crippen LogP contribution in [0.25, 0.3) is 0 Å². The van der Waals surface area contributed by atoms with Gasteiger partial charge in [0.2, 0.25) is 0 Å². The first-order valence-corrected chi connectivity index (χ1v) is 5.90. The molecule has 3 nitrogen and oxygen atoms in total. The van der Waals surface area contributed by atoms with Crippen LogP contribution in [-0.4, -0.2) is 24.1 Å². The van der Waals surface area contributed by atoms with Gasteiger partial charge in [-0.15, -0.1) is 11.8 Å². The molecule has 0 saturated heterocycles. The molecule has 86 valence electrons. The average molecular weight is 238 g/mol. The van der Waals surface area contributed by atoms with Crippen LogP contribution in [0.2, 0.25) is 0 Å². The maximum atomic E-state index is 10.8. The standard InChI is InChI=1S/C12H14O3S/c1-10(14)15-8-7-12(9-13)16-11-5-3-2-4-6-11/h2-6,9,12H,7-8H2,1H3. The summed E-state index contributed by atoms with van der Waals surface area (Å²) in [6.45, 7) is 1.65. The molecule has 1 atom stereocenters. The van der Waals surface area contributed by atoms with Gasteiger partial charge in [-0.1, -0.05) is 18.2 Å². The lowest BCUT2D eigenvalue weighted by Gasteiger charge is -2.09. The summed E-state index contributed by atoms with van der Waals surface area (Å²) in [5.41, 5.74) is 0. The Morgan fingerprint density at radius 1 is 1.44 bits per heavy atom. The number of carbonyl (C=O) groups is 2. The summed E-state index contributed by atoms with van der Waals surface area (Å²) in [6.07, 6.45) is 1.43. The molecule has 16 heavy (non-hydrogen) atoms.